The van der Waals surface area contributed by atoms with Crippen molar-refractivity contribution < 1.29 is 9.53 Å². The smallest absolute Gasteiger partial charge is 0.221 e. The summed E-state index contributed by atoms with van der Waals surface area (Å²) in [6.07, 6.45) is 0. The summed E-state index contributed by atoms with van der Waals surface area (Å²) in [5.41, 5.74) is 0.696. The van der Waals surface area contributed by atoms with E-state index in [1.54, 1.807) is 18.2 Å². The minimum absolute atomic E-state index is 0.162. The number of rotatable bonds is 4. The highest BCUT2D eigenvalue weighted by molar-refractivity contribution is 9.10. The van der Waals surface area contributed by atoms with Gasteiger partial charge in [-0.05, 0) is 45.4 Å². The van der Waals surface area contributed by atoms with Gasteiger partial charge in [-0.2, -0.15) is 0 Å². The predicted molar refractivity (Wildman–Crippen MR) is 80.4 cm³/mol. The fourth-order valence-electron chi connectivity index (χ4n) is 1.60. The van der Waals surface area contributed by atoms with Crippen molar-refractivity contribution >= 4 is 33.2 Å². The number of anilines is 1. The van der Waals surface area contributed by atoms with Crippen LogP contribution in [0.3, 0.4) is 0 Å². The summed E-state index contributed by atoms with van der Waals surface area (Å²) in [5.74, 6) is 0.624. The van der Waals surface area contributed by atoms with Gasteiger partial charge >= 0.3 is 0 Å². The monoisotopic (exact) mass is 334 g/mol. The van der Waals surface area contributed by atoms with Gasteiger partial charge in [0.05, 0.1) is 4.47 Å². The molecule has 2 aromatic carbocycles. The Bertz CT molecular complexity index is 659. The molecule has 2 rings (SSSR count). The van der Waals surface area contributed by atoms with E-state index in [1.807, 2.05) is 18.2 Å². The summed E-state index contributed by atoms with van der Waals surface area (Å²) in [7, 11) is 0. The highest BCUT2D eigenvalue weighted by Crippen LogP contribution is 2.36. The normalized spacial score (nSPS) is 9.90. The maximum Gasteiger partial charge on any atom is 0.221 e. The number of ether oxygens (including phenoxy) is 1. The van der Waals surface area contributed by atoms with Gasteiger partial charge < -0.3 is 10.1 Å². The topological polar surface area (TPSA) is 67.8 Å². The van der Waals surface area contributed by atoms with Gasteiger partial charge in [0.15, 0.2) is 11.4 Å². The Morgan fingerprint density at radius 3 is 2.60 bits per heavy atom. The van der Waals surface area contributed by atoms with E-state index in [0.717, 1.165) is 4.47 Å². The van der Waals surface area contributed by atoms with E-state index < -0.39 is 0 Å². The molecule has 0 saturated carbocycles. The zero-order chi connectivity index (χ0) is 14.5. The fraction of sp³-hybridized carbons (Fsp3) is 0.0714. The van der Waals surface area contributed by atoms with Crippen LogP contribution < -0.4 is 10.1 Å². The molecule has 0 aromatic heterocycles. The van der Waals surface area contributed by atoms with Gasteiger partial charge in [0.1, 0.15) is 5.75 Å². The molecule has 0 atom stereocenters. The van der Waals surface area contributed by atoms with E-state index in [2.05, 4.69) is 26.4 Å². The molecule has 0 bridgehead atoms. The van der Waals surface area contributed by atoms with Gasteiger partial charge in [-0.25, -0.2) is 0 Å². The van der Waals surface area contributed by atoms with Crippen molar-refractivity contribution in [2.75, 3.05) is 5.32 Å². The predicted octanol–water partition coefficient (Wildman–Crippen LogP) is 4.60. The second kappa shape index (κ2) is 6.29. The highest BCUT2D eigenvalue weighted by atomic mass is 79.9. The lowest BCUT2D eigenvalue weighted by molar-refractivity contribution is -0.114. The molecule has 0 heterocycles. The largest absolute Gasteiger partial charge is 0.454 e. The molecule has 0 aliphatic carbocycles. The zero-order valence-electron chi connectivity index (χ0n) is 10.6. The van der Waals surface area contributed by atoms with Crippen molar-refractivity contribution in [3.05, 3.63) is 51.8 Å². The Kier molecular flexibility index (Phi) is 4.47. The van der Waals surface area contributed by atoms with Crippen LogP contribution in [0.5, 0.6) is 11.5 Å². The molecule has 1 amide bonds. The van der Waals surface area contributed by atoms with E-state index in [-0.39, 0.29) is 17.3 Å². The minimum Gasteiger partial charge on any atom is -0.454 e. The van der Waals surface area contributed by atoms with Crippen LogP contribution in [-0.2, 0) is 4.79 Å². The van der Waals surface area contributed by atoms with Crippen LogP contribution in [-0.4, -0.2) is 5.91 Å². The maximum absolute atomic E-state index is 11.0. The summed E-state index contributed by atoms with van der Waals surface area (Å²) < 4.78 is 6.41. The van der Waals surface area contributed by atoms with Gasteiger partial charge in [0.2, 0.25) is 5.91 Å². The van der Waals surface area contributed by atoms with Gasteiger partial charge in [0.25, 0.3) is 0 Å². The summed E-state index contributed by atoms with van der Waals surface area (Å²) in [6.45, 7) is 1.40. The van der Waals surface area contributed by atoms with Crippen LogP contribution in [0.1, 0.15) is 6.92 Å². The zero-order valence-corrected chi connectivity index (χ0v) is 12.2. The van der Waals surface area contributed by atoms with Crippen LogP contribution in [0.4, 0.5) is 11.4 Å². The van der Waals surface area contributed by atoms with Crippen molar-refractivity contribution in [3.8, 4) is 11.5 Å². The molecule has 102 valence electrons. The van der Waals surface area contributed by atoms with Crippen LogP contribution in [0.15, 0.2) is 52.1 Å². The van der Waals surface area contributed by atoms with Crippen molar-refractivity contribution in [2.24, 2.45) is 5.18 Å². The molecule has 6 heteroatoms. The number of halogens is 1. The Balaban J connectivity index is 2.36. The molecule has 0 radical (unpaired) electrons. The van der Waals surface area contributed by atoms with Gasteiger partial charge in [-0.1, -0.05) is 12.1 Å². The summed E-state index contributed by atoms with van der Waals surface area (Å²) in [6, 6.07) is 11.9. The number of nitrogens with zero attached hydrogens (tertiary/aromatic N) is 1. The van der Waals surface area contributed by atoms with E-state index in [1.165, 1.54) is 13.0 Å². The third-order valence-electron chi connectivity index (χ3n) is 2.44. The van der Waals surface area contributed by atoms with Crippen molar-refractivity contribution in [3.63, 3.8) is 0 Å². The number of benzene rings is 2. The molecule has 2 aromatic rings. The number of hydrogen-bond acceptors (Lipinski definition) is 4. The molecule has 0 spiro atoms. The number of carbonyl (C=O) groups is 1. The molecular weight excluding hydrogens is 324 g/mol. The van der Waals surface area contributed by atoms with Crippen LogP contribution in [0.2, 0.25) is 0 Å². The average molecular weight is 335 g/mol. The first-order valence-corrected chi connectivity index (χ1v) is 6.57. The molecule has 0 unspecified atom stereocenters. The molecule has 0 aliphatic rings. The minimum atomic E-state index is -0.205. The fourth-order valence-corrected chi connectivity index (χ4v) is 1.96. The highest BCUT2D eigenvalue weighted by Gasteiger charge is 2.09. The summed E-state index contributed by atoms with van der Waals surface area (Å²) in [5, 5.41) is 5.54. The van der Waals surface area contributed by atoms with Gasteiger partial charge in [-0.3, -0.25) is 4.79 Å². The SMILES string of the molecule is CC(=O)Nc1ccc(N=O)c(Oc2ccccc2Br)c1. The summed E-state index contributed by atoms with van der Waals surface area (Å²) >= 11 is 3.36. The van der Waals surface area contributed by atoms with Crippen LogP contribution in [0, 0.1) is 4.91 Å². The molecular formula is C14H11BrN2O3. The maximum atomic E-state index is 11.0. The molecule has 20 heavy (non-hydrogen) atoms. The number of nitroso groups, excluding NO2 is 1. The third kappa shape index (κ3) is 3.42. The number of hydrogen-bond donors (Lipinski definition) is 1. The average Bonchev–Trinajstić information content (AvgIpc) is 2.41. The van der Waals surface area contributed by atoms with E-state index in [4.69, 9.17) is 4.74 Å². The standard InChI is InChI=1S/C14H11BrN2O3/c1-9(18)16-10-6-7-12(17-19)14(8-10)20-13-5-3-2-4-11(13)15/h2-8H,1H3,(H,16,18). The van der Waals surface area contributed by atoms with Crippen molar-refractivity contribution in [1.29, 1.82) is 0 Å². The molecule has 5 nitrogen and oxygen atoms in total. The number of para-hydroxylation sites is 1. The summed E-state index contributed by atoms with van der Waals surface area (Å²) in [4.78, 5) is 21.9. The lowest BCUT2D eigenvalue weighted by Gasteiger charge is -2.10. The second-order valence-corrected chi connectivity index (χ2v) is 4.84. The Hall–Kier alpha value is -2.21. The first-order valence-electron chi connectivity index (χ1n) is 5.77. The number of amides is 1. The lowest BCUT2D eigenvalue weighted by atomic mass is 10.2. The first-order chi connectivity index (χ1) is 9.60. The Labute approximate surface area is 124 Å². The molecule has 0 saturated heterocycles. The number of carbonyl (C=O) groups excluding carboxylic acids is 1. The van der Waals surface area contributed by atoms with Crippen molar-refractivity contribution in [1.82, 2.24) is 0 Å². The van der Waals surface area contributed by atoms with Crippen LogP contribution >= 0.6 is 15.9 Å². The van der Waals surface area contributed by atoms with Gasteiger partial charge in [0, 0.05) is 18.7 Å². The molecule has 0 aliphatic heterocycles. The first kappa shape index (κ1) is 14.2. The third-order valence-corrected chi connectivity index (χ3v) is 3.09. The molecule has 1 N–H and O–H groups in total. The van der Waals surface area contributed by atoms with E-state index >= 15 is 0 Å². The van der Waals surface area contributed by atoms with Crippen LogP contribution in [0.25, 0.3) is 0 Å². The van der Waals surface area contributed by atoms with E-state index in [0.29, 0.717) is 11.4 Å². The quantitative estimate of drug-likeness (QED) is 0.831. The Morgan fingerprint density at radius 2 is 1.95 bits per heavy atom. The number of nitrogens with one attached hydrogen (secondary N) is 1. The molecule has 0 fully saturated rings. The Morgan fingerprint density at radius 1 is 1.20 bits per heavy atom. The lowest BCUT2D eigenvalue weighted by Crippen LogP contribution is -2.05. The second-order valence-electron chi connectivity index (χ2n) is 3.99. The van der Waals surface area contributed by atoms with Gasteiger partial charge in [-0.15, -0.1) is 4.91 Å². The van der Waals surface area contributed by atoms with E-state index in [9.17, 15) is 9.70 Å². The van der Waals surface area contributed by atoms with Crippen molar-refractivity contribution in [2.45, 2.75) is 6.92 Å².